The van der Waals surface area contributed by atoms with Gasteiger partial charge in [-0.1, -0.05) is 23.1 Å². The Kier molecular flexibility index (Phi) is 7.80. The van der Waals surface area contributed by atoms with Crippen molar-refractivity contribution in [2.75, 3.05) is 18.1 Å². The minimum absolute atomic E-state index is 0.176. The average Bonchev–Trinajstić information content (AvgIpc) is 3.20. The number of carbonyl (C=O) groups excluding carboxylic acids is 1. The van der Waals surface area contributed by atoms with E-state index in [1.54, 1.807) is 12.3 Å². The SMILES string of the molecule is CCNC(=O)NCc1cc(F)ccc1-c1cc(-c2cnc(NC(C)C)s2)nc(SC)n1. The van der Waals surface area contributed by atoms with Crippen LogP contribution >= 0.6 is 23.1 Å². The number of aromatic nitrogens is 3. The molecule has 3 N–H and O–H groups in total. The third-order valence-electron chi connectivity index (χ3n) is 4.18. The maximum Gasteiger partial charge on any atom is 0.315 e. The Labute approximate surface area is 189 Å². The highest BCUT2D eigenvalue weighted by molar-refractivity contribution is 7.98. The van der Waals surface area contributed by atoms with Gasteiger partial charge < -0.3 is 16.0 Å². The van der Waals surface area contributed by atoms with Crippen LogP contribution in [0.5, 0.6) is 0 Å². The van der Waals surface area contributed by atoms with E-state index in [0.29, 0.717) is 23.0 Å². The summed E-state index contributed by atoms with van der Waals surface area (Å²) in [5.74, 6) is -0.373. The number of carbonyl (C=O) groups is 1. The van der Waals surface area contributed by atoms with Crippen LogP contribution < -0.4 is 16.0 Å². The summed E-state index contributed by atoms with van der Waals surface area (Å²) in [6.07, 6.45) is 3.69. The second-order valence-electron chi connectivity index (χ2n) is 6.97. The third-order valence-corrected chi connectivity index (χ3v) is 5.68. The zero-order valence-corrected chi connectivity index (χ0v) is 19.5. The molecule has 7 nitrogen and oxygen atoms in total. The normalized spacial score (nSPS) is 10.9. The van der Waals surface area contributed by atoms with Gasteiger partial charge in [-0.15, -0.1) is 0 Å². The summed E-state index contributed by atoms with van der Waals surface area (Å²) in [4.78, 5) is 26.4. The van der Waals surface area contributed by atoms with Crippen molar-refractivity contribution in [3.63, 3.8) is 0 Å². The first kappa shape index (κ1) is 23.0. The Morgan fingerprint density at radius 3 is 2.68 bits per heavy atom. The van der Waals surface area contributed by atoms with Crippen molar-refractivity contribution in [3.8, 4) is 21.8 Å². The summed E-state index contributed by atoms with van der Waals surface area (Å²) < 4.78 is 14.0. The number of anilines is 1. The molecule has 2 amide bonds. The minimum Gasteiger partial charge on any atom is -0.359 e. The number of thiazole rings is 1. The number of thioether (sulfide) groups is 1. The molecule has 164 valence electrons. The largest absolute Gasteiger partial charge is 0.359 e. The van der Waals surface area contributed by atoms with Gasteiger partial charge >= 0.3 is 6.03 Å². The number of nitrogens with one attached hydrogen (secondary N) is 3. The van der Waals surface area contributed by atoms with Gasteiger partial charge in [0, 0.05) is 30.9 Å². The summed E-state index contributed by atoms with van der Waals surface area (Å²) in [7, 11) is 0. The molecule has 1 aromatic carbocycles. The van der Waals surface area contributed by atoms with Crippen LogP contribution in [-0.2, 0) is 6.54 Å². The quantitative estimate of drug-likeness (QED) is 0.331. The van der Waals surface area contributed by atoms with Crippen LogP contribution in [0.25, 0.3) is 21.8 Å². The number of halogens is 1. The zero-order valence-electron chi connectivity index (χ0n) is 17.8. The molecule has 0 aliphatic heterocycles. The van der Waals surface area contributed by atoms with E-state index in [9.17, 15) is 9.18 Å². The van der Waals surface area contributed by atoms with Crippen LogP contribution in [0, 0.1) is 5.82 Å². The average molecular weight is 461 g/mol. The van der Waals surface area contributed by atoms with Gasteiger partial charge in [-0.05, 0) is 56.9 Å². The predicted octanol–water partition coefficient (Wildman–Crippen LogP) is 4.77. The van der Waals surface area contributed by atoms with E-state index in [-0.39, 0.29) is 24.4 Å². The van der Waals surface area contributed by atoms with Crippen molar-refractivity contribution >= 4 is 34.3 Å². The lowest BCUT2D eigenvalue weighted by atomic mass is 10.0. The first-order valence-electron chi connectivity index (χ1n) is 9.86. The van der Waals surface area contributed by atoms with Crippen molar-refractivity contribution in [2.45, 2.75) is 38.5 Å². The van der Waals surface area contributed by atoms with E-state index in [4.69, 9.17) is 0 Å². The lowest BCUT2D eigenvalue weighted by molar-refractivity contribution is 0.241. The molecule has 0 bridgehead atoms. The Bertz CT molecular complexity index is 1060. The Balaban J connectivity index is 1.98. The van der Waals surface area contributed by atoms with Crippen molar-refractivity contribution in [1.29, 1.82) is 0 Å². The molecular formula is C21H25FN6OS2. The van der Waals surface area contributed by atoms with E-state index in [0.717, 1.165) is 21.3 Å². The highest BCUT2D eigenvalue weighted by Gasteiger charge is 2.15. The maximum absolute atomic E-state index is 14.0. The van der Waals surface area contributed by atoms with Crippen molar-refractivity contribution in [2.24, 2.45) is 0 Å². The number of rotatable bonds is 8. The third kappa shape index (κ3) is 6.14. The highest BCUT2D eigenvalue weighted by atomic mass is 32.2. The Morgan fingerprint density at radius 1 is 1.19 bits per heavy atom. The summed E-state index contributed by atoms with van der Waals surface area (Å²) in [5, 5.41) is 10.1. The van der Waals surface area contributed by atoms with Crippen LogP contribution in [0.2, 0.25) is 0 Å². The molecule has 0 fully saturated rings. The van der Waals surface area contributed by atoms with Gasteiger partial charge in [-0.2, -0.15) is 0 Å². The monoisotopic (exact) mass is 460 g/mol. The highest BCUT2D eigenvalue weighted by Crippen LogP contribution is 2.32. The van der Waals surface area contributed by atoms with E-state index in [1.807, 2.05) is 19.2 Å². The van der Waals surface area contributed by atoms with Crippen LogP contribution in [0.1, 0.15) is 26.3 Å². The van der Waals surface area contributed by atoms with Gasteiger partial charge in [-0.3, -0.25) is 0 Å². The van der Waals surface area contributed by atoms with Gasteiger partial charge in [-0.25, -0.2) is 24.1 Å². The summed E-state index contributed by atoms with van der Waals surface area (Å²) in [5.41, 5.74) is 2.78. The molecular weight excluding hydrogens is 435 g/mol. The summed E-state index contributed by atoms with van der Waals surface area (Å²) in [6, 6.07) is 6.33. The standard InChI is InChI=1S/C21H25FN6OS2/c1-5-23-19(29)24-10-13-8-14(22)6-7-15(13)16-9-17(28-21(27-16)30-4)18-11-25-20(31-18)26-12(2)3/h6-9,11-12H,5,10H2,1-4H3,(H,25,26)(H2,23,24,29). The first-order chi connectivity index (χ1) is 14.9. The topological polar surface area (TPSA) is 91.8 Å². The number of hydrogen-bond donors (Lipinski definition) is 3. The lowest BCUT2D eigenvalue weighted by Crippen LogP contribution is -2.34. The molecule has 0 saturated carbocycles. The molecule has 31 heavy (non-hydrogen) atoms. The fourth-order valence-corrected chi connectivity index (χ4v) is 4.15. The Hall–Kier alpha value is -2.72. The summed E-state index contributed by atoms with van der Waals surface area (Å²) >= 11 is 2.95. The number of amides is 2. The molecule has 0 atom stereocenters. The van der Waals surface area contributed by atoms with E-state index < -0.39 is 0 Å². The van der Waals surface area contributed by atoms with Crippen LogP contribution in [0.3, 0.4) is 0 Å². The van der Waals surface area contributed by atoms with Crippen LogP contribution in [0.4, 0.5) is 14.3 Å². The second-order valence-corrected chi connectivity index (χ2v) is 8.77. The van der Waals surface area contributed by atoms with Gasteiger partial charge in [0.2, 0.25) is 0 Å². The molecule has 3 rings (SSSR count). The van der Waals surface area contributed by atoms with E-state index in [2.05, 4.69) is 44.7 Å². The number of nitrogens with zero attached hydrogens (tertiary/aromatic N) is 3. The fraction of sp³-hybridized carbons (Fsp3) is 0.333. The summed E-state index contributed by atoms with van der Waals surface area (Å²) in [6.45, 7) is 6.63. The molecule has 0 aliphatic carbocycles. The van der Waals surface area contributed by atoms with E-state index in [1.165, 1.54) is 35.2 Å². The minimum atomic E-state index is -0.373. The fourth-order valence-electron chi connectivity index (χ4n) is 2.84. The molecule has 10 heteroatoms. The molecule has 3 aromatic rings. The van der Waals surface area contributed by atoms with Gasteiger partial charge in [0.05, 0.1) is 16.3 Å². The molecule has 0 saturated heterocycles. The second kappa shape index (κ2) is 10.5. The molecule has 0 spiro atoms. The smallest absolute Gasteiger partial charge is 0.315 e. The van der Waals surface area contributed by atoms with Crippen molar-refractivity contribution in [3.05, 3.63) is 41.8 Å². The first-order valence-corrected chi connectivity index (χ1v) is 11.9. The van der Waals surface area contributed by atoms with E-state index >= 15 is 0 Å². The number of urea groups is 1. The number of hydrogen-bond acceptors (Lipinski definition) is 7. The molecule has 2 aromatic heterocycles. The Morgan fingerprint density at radius 2 is 1.97 bits per heavy atom. The van der Waals surface area contributed by atoms with Crippen LogP contribution in [-0.4, -0.2) is 39.8 Å². The van der Waals surface area contributed by atoms with Gasteiger partial charge in [0.15, 0.2) is 10.3 Å². The zero-order chi connectivity index (χ0) is 22.4. The molecule has 0 radical (unpaired) electrons. The van der Waals surface area contributed by atoms with Crippen molar-refractivity contribution in [1.82, 2.24) is 25.6 Å². The van der Waals surface area contributed by atoms with Crippen LogP contribution in [0.15, 0.2) is 35.6 Å². The molecule has 0 unspecified atom stereocenters. The molecule has 0 aliphatic rings. The van der Waals surface area contributed by atoms with Gasteiger partial charge in [0.1, 0.15) is 5.82 Å². The predicted molar refractivity (Wildman–Crippen MR) is 125 cm³/mol. The van der Waals surface area contributed by atoms with Gasteiger partial charge in [0.25, 0.3) is 0 Å². The van der Waals surface area contributed by atoms with Crippen molar-refractivity contribution < 1.29 is 9.18 Å². The number of benzene rings is 1. The lowest BCUT2D eigenvalue weighted by Gasteiger charge is -2.12. The maximum atomic E-state index is 14.0. The molecule has 2 heterocycles.